The number of aromatic nitrogens is 1. The summed E-state index contributed by atoms with van der Waals surface area (Å²) in [5.41, 5.74) is 1.62. The first-order chi connectivity index (χ1) is 11.7. The van der Waals surface area contributed by atoms with Gasteiger partial charge in [-0.3, -0.25) is 9.88 Å². The van der Waals surface area contributed by atoms with Crippen LogP contribution in [0.5, 0.6) is 0 Å². The van der Waals surface area contributed by atoms with Crippen LogP contribution in [0.3, 0.4) is 0 Å². The third kappa shape index (κ3) is 3.51. The van der Waals surface area contributed by atoms with Gasteiger partial charge >= 0.3 is 12.1 Å². The Morgan fingerprint density at radius 2 is 2.04 bits per heavy atom. The number of esters is 1. The summed E-state index contributed by atoms with van der Waals surface area (Å²) in [4.78, 5) is 29.2. The summed E-state index contributed by atoms with van der Waals surface area (Å²) in [5, 5.41) is 9.08. The topological polar surface area (TPSA) is 79.7 Å². The number of nitrogens with zero attached hydrogens (tertiary/aromatic N) is 2. The molecule has 2 unspecified atom stereocenters. The van der Waals surface area contributed by atoms with Crippen molar-refractivity contribution in [2.24, 2.45) is 0 Å². The van der Waals surface area contributed by atoms with Crippen molar-refractivity contribution in [1.29, 1.82) is 0 Å². The van der Waals surface area contributed by atoms with Gasteiger partial charge < -0.3 is 9.84 Å². The number of ether oxygens (including phenoxy) is 1. The first-order valence-electron chi connectivity index (χ1n) is 7.40. The van der Waals surface area contributed by atoms with E-state index in [4.69, 9.17) is 4.74 Å². The maximum atomic E-state index is 12.4. The highest BCUT2D eigenvalue weighted by Gasteiger charge is 2.43. The van der Waals surface area contributed by atoms with Gasteiger partial charge in [0.05, 0.1) is 0 Å². The van der Waals surface area contributed by atoms with Gasteiger partial charge in [-0.1, -0.05) is 36.4 Å². The van der Waals surface area contributed by atoms with Crippen molar-refractivity contribution in [1.82, 2.24) is 9.88 Å². The monoisotopic (exact) mass is 344 g/mol. The maximum Gasteiger partial charge on any atom is 0.409 e. The molecule has 1 amide bonds. The molecule has 7 heteroatoms. The molecule has 2 atom stereocenters. The average molecular weight is 344 g/mol. The number of benzene rings is 1. The van der Waals surface area contributed by atoms with Crippen molar-refractivity contribution in [2.75, 3.05) is 5.75 Å². The molecular formula is C17H16N2O4S. The zero-order chi connectivity index (χ0) is 16.9. The number of carbonyl (C=O) groups excluding carboxylic acids is 1. The first kappa shape index (κ1) is 16.3. The SMILES string of the molecule is O=C(OCc1ccccc1)C1CSC(c2cccnc2)N1C(=O)O. The van der Waals surface area contributed by atoms with Crippen molar-refractivity contribution >= 4 is 23.8 Å². The molecule has 0 spiro atoms. The van der Waals surface area contributed by atoms with Crippen LogP contribution < -0.4 is 0 Å². The van der Waals surface area contributed by atoms with Crippen LogP contribution in [0.4, 0.5) is 4.79 Å². The molecule has 1 saturated heterocycles. The van der Waals surface area contributed by atoms with E-state index in [0.29, 0.717) is 5.75 Å². The number of carboxylic acid groups (broad SMARTS) is 1. The Labute approximate surface area is 143 Å². The number of carbonyl (C=O) groups is 2. The molecule has 0 radical (unpaired) electrons. The van der Waals surface area contributed by atoms with Gasteiger partial charge in [0.15, 0.2) is 0 Å². The lowest BCUT2D eigenvalue weighted by Crippen LogP contribution is -2.43. The number of amides is 1. The van der Waals surface area contributed by atoms with Crippen LogP contribution >= 0.6 is 11.8 Å². The van der Waals surface area contributed by atoms with Gasteiger partial charge in [-0.25, -0.2) is 9.59 Å². The summed E-state index contributed by atoms with van der Waals surface area (Å²) in [6, 6.07) is 12.0. The fourth-order valence-corrected chi connectivity index (χ4v) is 3.92. The Morgan fingerprint density at radius 3 is 2.71 bits per heavy atom. The van der Waals surface area contributed by atoms with Gasteiger partial charge in [0.1, 0.15) is 18.0 Å². The van der Waals surface area contributed by atoms with Gasteiger partial charge in [-0.05, 0) is 11.6 Å². The minimum absolute atomic E-state index is 0.131. The molecule has 1 N–H and O–H groups in total. The fraction of sp³-hybridized carbons (Fsp3) is 0.235. The third-order valence-corrected chi connectivity index (χ3v) is 5.01. The lowest BCUT2D eigenvalue weighted by atomic mass is 10.2. The summed E-state index contributed by atoms with van der Waals surface area (Å²) >= 11 is 1.39. The van der Waals surface area contributed by atoms with Crippen LogP contribution in [0.2, 0.25) is 0 Å². The Balaban J connectivity index is 1.70. The predicted molar refractivity (Wildman–Crippen MR) is 89.3 cm³/mol. The molecule has 6 nitrogen and oxygen atoms in total. The fourth-order valence-electron chi connectivity index (χ4n) is 2.53. The molecule has 24 heavy (non-hydrogen) atoms. The standard InChI is InChI=1S/C17H16N2O4S/c20-16(23-10-12-5-2-1-3-6-12)14-11-24-15(19(14)17(21)22)13-7-4-8-18-9-13/h1-9,14-15H,10-11H2,(H,21,22). The quantitative estimate of drug-likeness (QED) is 0.859. The second kappa shape index (κ2) is 7.35. The van der Waals surface area contributed by atoms with E-state index >= 15 is 0 Å². The van der Waals surface area contributed by atoms with E-state index in [9.17, 15) is 14.7 Å². The molecule has 0 bridgehead atoms. The lowest BCUT2D eigenvalue weighted by molar-refractivity contribution is -0.149. The molecule has 1 fully saturated rings. The minimum Gasteiger partial charge on any atom is -0.465 e. The Bertz CT molecular complexity index is 711. The number of thioether (sulfide) groups is 1. The Hall–Kier alpha value is -2.54. The molecule has 0 aliphatic carbocycles. The third-order valence-electron chi connectivity index (χ3n) is 3.69. The van der Waals surface area contributed by atoms with Gasteiger partial charge in [0.2, 0.25) is 0 Å². The molecule has 1 aromatic carbocycles. The summed E-state index contributed by atoms with van der Waals surface area (Å²) in [7, 11) is 0. The highest BCUT2D eigenvalue weighted by atomic mass is 32.2. The molecular weight excluding hydrogens is 328 g/mol. The van der Waals surface area contributed by atoms with E-state index in [-0.39, 0.29) is 6.61 Å². The van der Waals surface area contributed by atoms with Crippen LogP contribution in [-0.4, -0.2) is 38.8 Å². The average Bonchev–Trinajstić information content (AvgIpc) is 3.07. The Kier molecular flexibility index (Phi) is 5.00. The van der Waals surface area contributed by atoms with Crippen LogP contribution in [-0.2, 0) is 16.1 Å². The second-order valence-electron chi connectivity index (χ2n) is 5.27. The van der Waals surface area contributed by atoms with E-state index in [1.165, 1.54) is 11.8 Å². The molecule has 2 aromatic rings. The van der Waals surface area contributed by atoms with Gasteiger partial charge in [-0.2, -0.15) is 0 Å². The van der Waals surface area contributed by atoms with Gasteiger partial charge in [0.25, 0.3) is 0 Å². The largest absolute Gasteiger partial charge is 0.465 e. The molecule has 3 rings (SSSR count). The van der Waals surface area contributed by atoms with E-state index in [0.717, 1.165) is 16.0 Å². The van der Waals surface area contributed by atoms with Crippen molar-refractivity contribution < 1.29 is 19.4 Å². The smallest absolute Gasteiger partial charge is 0.409 e. The van der Waals surface area contributed by atoms with Crippen molar-refractivity contribution in [3.8, 4) is 0 Å². The van der Waals surface area contributed by atoms with Crippen LogP contribution in [0.25, 0.3) is 0 Å². The predicted octanol–water partition coefficient (Wildman–Crippen LogP) is 2.92. The van der Waals surface area contributed by atoms with Crippen LogP contribution in [0, 0.1) is 0 Å². The zero-order valence-corrected chi connectivity index (χ0v) is 13.6. The van der Waals surface area contributed by atoms with Gasteiger partial charge in [0, 0.05) is 23.7 Å². The van der Waals surface area contributed by atoms with Crippen LogP contribution in [0.15, 0.2) is 54.9 Å². The molecule has 1 aliphatic rings. The van der Waals surface area contributed by atoms with E-state index in [2.05, 4.69) is 4.98 Å². The van der Waals surface area contributed by atoms with Crippen LogP contribution in [0.1, 0.15) is 16.5 Å². The lowest BCUT2D eigenvalue weighted by Gasteiger charge is -2.25. The van der Waals surface area contributed by atoms with Crippen molar-refractivity contribution in [2.45, 2.75) is 18.0 Å². The highest BCUT2D eigenvalue weighted by Crippen LogP contribution is 2.41. The molecule has 0 saturated carbocycles. The summed E-state index contributed by atoms with van der Waals surface area (Å²) in [5.74, 6) is -0.167. The summed E-state index contributed by atoms with van der Waals surface area (Å²) < 4.78 is 5.30. The Morgan fingerprint density at radius 1 is 1.25 bits per heavy atom. The van der Waals surface area contributed by atoms with Gasteiger partial charge in [-0.15, -0.1) is 11.8 Å². The maximum absolute atomic E-state index is 12.4. The molecule has 124 valence electrons. The number of rotatable bonds is 4. The molecule has 1 aromatic heterocycles. The summed E-state index contributed by atoms with van der Waals surface area (Å²) in [6.07, 6.45) is 2.10. The molecule has 2 heterocycles. The van der Waals surface area contributed by atoms with E-state index in [1.54, 1.807) is 24.5 Å². The first-order valence-corrected chi connectivity index (χ1v) is 8.45. The van der Waals surface area contributed by atoms with Crippen molar-refractivity contribution in [3.63, 3.8) is 0 Å². The zero-order valence-electron chi connectivity index (χ0n) is 12.7. The number of hydrogen-bond donors (Lipinski definition) is 1. The minimum atomic E-state index is -1.14. The molecule has 1 aliphatic heterocycles. The number of hydrogen-bond acceptors (Lipinski definition) is 5. The van der Waals surface area contributed by atoms with Crippen molar-refractivity contribution in [3.05, 3.63) is 66.0 Å². The van der Waals surface area contributed by atoms with E-state index in [1.807, 2.05) is 30.3 Å². The number of pyridine rings is 1. The summed E-state index contributed by atoms with van der Waals surface area (Å²) in [6.45, 7) is 0.131. The highest BCUT2D eigenvalue weighted by molar-refractivity contribution is 7.99. The van der Waals surface area contributed by atoms with E-state index < -0.39 is 23.5 Å². The second-order valence-corrected chi connectivity index (χ2v) is 6.38. The normalized spacial score (nSPS) is 19.9.